The molecule has 28 heavy (non-hydrogen) atoms. The minimum Gasteiger partial charge on any atom is -0.463 e. The van der Waals surface area contributed by atoms with Gasteiger partial charge in [-0.25, -0.2) is 4.79 Å². The number of carbonyl (C=O) groups is 4. The van der Waals surface area contributed by atoms with Crippen LogP contribution in [0.25, 0.3) is 0 Å². The summed E-state index contributed by atoms with van der Waals surface area (Å²) in [6.07, 6.45) is -2.92. The summed E-state index contributed by atoms with van der Waals surface area (Å²) in [5, 5.41) is 10.4. The van der Waals surface area contributed by atoms with Gasteiger partial charge in [-0.2, -0.15) is 0 Å². The maximum Gasteiger partial charge on any atom is 0.340 e. The number of ether oxygens (including phenoxy) is 4. The zero-order valence-electron chi connectivity index (χ0n) is 16.4. The second-order valence-corrected chi connectivity index (χ2v) is 5.94. The Kier molecular flexibility index (Phi) is 8.65. The molecule has 0 radical (unpaired) electrons. The van der Waals surface area contributed by atoms with Crippen molar-refractivity contribution in [3.05, 3.63) is 23.0 Å². The second-order valence-electron chi connectivity index (χ2n) is 5.94. The van der Waals surface area contributed by atoms with E-state index in [9.17, 15) is 24.3 Å². The zero-order chi connectivity index (χ0) is 21.4. The zero-order valence-corrected chi connectivity index (χ0v) is 16.4. The lowest BCUT2D eigenvalue weighted by Crippen LogP contribution is -2.41. The summed E-state index contributed by atoms with van der Waals surface area (Å²) in [7, 11) is 0. The van der Waals surface area contributed by atoms with Crippen LogP contribution in [0.3, 0.4) is 0 Å². The highest BCUT2D eigenvalue weighted by molar-refractivity contribution is 5.92. The normalized spacial score (nSPS) is 13.8. The number of esters is 4. The molecule has 0 aliphatic heterocycles. The number of aryl methyl sites for hydroxylation is 1. The fourth-order valence-corrected chi connectivity index (χ4v) is 2.56. The Hall–Kier alpha value is -2.88. The summed E-state index contributed by atoms with van der Waals surface area (Å²) in [4.78, 5) is 49.4. The number of aliphatic hydroxyl groups excluding tert-OH is 1. The lowest BCUT2D eigenvalue weighted by atomic mass is 9.98. The molecule has 1 heterocycles. The van der Waals surface area contributed by atoms with E-state index in [-0.39, 0.29) is 17.7 Å². The van der Waals surface area contributed by atoms with Gasteiger partial charge in [0.25, 0.3) is 0 Å². The largest absolute Gasteiger partial charge is 0.463 e. The summed E-state index contributed by atoms with van der Waals surface area (Å²) in [5.74, 6) is -2.84. The quantitative estimate of drug-likeness (QED) is 0.458. The first kappa shape index (κ1) is 23.2. The van der Waals surface area contributed by atoms with E-state index in [2.05, 4.69) is 4.98 Å². The third kappa shape index (κ3) is 6.38. The van der Waals surface area contributed by atoms with Crippen molar-refractivity contribution in [1.29, 1.82) is 0 Å². The number of aliphatic hydroxyl groups is 1. The first-order chi connectivity index (χ1) is 13.1. The Morgan fingerprint density at radius 1 is 1.04 bits per heavy atom. The van der Waals surface area contributed by atoms with Gasteiger partial charge in [0.1, 0.15) is 12.7 Å². The highest BCUT2D eigenvalue weighted by Crippen LogP contribution is 2.31. The van der Waals surface area contributed by atoms with Crippen molar-refractivity contribution in [2.75, 3.05) is 13.2 Å². The van der Waals surface area contributed by atoms with Gasteiger partial charge in [-0.15, -0.1) is 0 Å². The van der Waals surface area contributed by atoms with Gasteiger partial charge in [-0.1, -0.05) is 0 Å². The molecule has 0 fully saturated rings. The van der Waals surface area contributed by atoms with Crippen molar-refractivity contribution in [2.45, 2.75) is 52.9 Å². The average Bonchev–Trinajstić information content (AvgIpc) is 2.97. The summed E-state index contributed by atoms with van der Waals surface area (Å²) < 4.78 is 20.2. The smallest absolute Gasteiger partial charge is 0.340 e. The average molecular weight is 399 g/mol. The van der Waals surface area contributed by atoms with Crippen LogP contribution in [-0.2, 0) is 33.3 Å². The second kappa shape index (κ2) is 10.5. The van der Waals surface area contributed by atoms with Gasteiger partial charge in [0.15, 0.2) is 12.2 Å². The minimum absolute atomic E-state index is 0.0879. The first-order valence-electron chi connectivity index (χ1n) is 8.59. The number of H-pyrrole nitrogens is 1. The van der Waals surface area contributed by atoms with Crippen LogP contribution in [0.15, 0.2) is 6.20 Å². The first-order valence-corrected chi connectivity index (χ1v) is 8.59. The number of nitrogens with one attached hydrogen (secondary N) is 1. The van der Waals surface area contributed by atoms with E-state index in [1.165, 1.54) is 6.20 Å². The summed E-state index contributed by atoms with van der Waals surface area (Å²) in [5.41, 5.74) is 0.672. The predicted molar refractivity (Wildman–Crippen MR) is 94.2 cm³/mol. The van der Waals surface area contributed by atoms with E-state index >= 15 is 0 Å². The molecule has 0 amide bonds. The van der Waals surface area contributed by atoms with Gasteiger partial charge in [0, 0.05) is 38.2 Å². The monoisotopic (exact) mass is 399 g/mol. The predicted octanol–water partition coefficient (Wildman–Crippen LogP) is 0.960. The molecule has 3 atom stereocenters. The van der Waals surface area contributed by atoms with Crippen molar-refractivity contribution < 1.29 is 43.2 Å². The SMILES string of the molecule is CCOC(=O)c1c(C(OC(C)=O)C(OC(C)=O)C(O)COC(C)=O)c[nH]c1C. The molecule has 156 valence electrons. The Balaban J connectivity index is 3.39. The Morgan fingerprint density at radius 3 is 2.14 bits per heavy atom. The van der Waals surface area contributed by atoms with Crippen molar-refractivity contribution in [3.63, 3.8) is 0 Å². The van der Waals surface area contributed by atoms with Crippen LogP contribution in [-0.4, -0.2) is 59.4 Å². The number of rotatable bonds is 9. The van der Waals surface area contributed by atoms with Crippen LogP contribution in [0.5, 0.6) is 0 Å². The minimum atomic E-state index is -1.53. The van der Waals surface area contributed by atoms with E-state index < -0.39 is 48.8 Å². The third-order valence-corrected chi connectivity index (χ3v) is 3.62. The molecule has 0 bridgehead atoms. The van der Waals surface area contributed by atoms with Gasteiger partial charge in [-0.3, -0.25) is 14.4 Å². The molecule has 1 rings (SSSR count). The number of carbonyl (C=O) groups excluding carboxylic acids is 4. The van der Waals surface area contributed by atoms with Gasteiger partial charge in [0.2, 0.25) is 0 Å². The molecule has 0 aliphatic rings. The maximum absolute atomic E-state index is 12.3. The molecule has 0 saturated carbocycles. The fourth-order valence-electron chi connectivity index (χ4n) is 2.56. The molecule has 0 aromatic carbocycles. The van der Waals surface area contributed by atoms with Crippen molar-refractivity contribution in [2.24, 2.45) is 0 Å². The molecule has 3 unspecified atom stereocenters. The number of hydrogen-bond acceptors (Lipinski definition) is 9. The summed E-state index contributed by atoms with van der Waals surface area (Å²) in [6, 6.07) is 0. The van der Waals surface area contributed by atoms with Crippen molar-refractivity contribution in [1.82, 2.24) is 4.98 Å². The molecule has 10 nitrogen and oxygen atoms in total. The van der Waals surface area contributed by atoms with Crippen molar-refractivity contribution >= 4 is 23.9 Å². The Labute approximate surface area is 162 Å². The third-order valence-electron chi connectivity index (χ3n) is 3.62. The molecule has 0 aliphatic carbocycles. The van der Waals surface area contributed by atoms with Gasteiger partial charge >= 0.3 is 23.9 Å². The topological polar surface area (TPSA) is 141 Å². The van der Waals surface area contributed by atoms with E-state index in [4.69, 9.17) is 18.9 Å². The summed E-state index contributed by atoms with van der Waals surface area (Å²) >= 11 is 0. The lowest BCUT2D eigenvalue weighted by molar-refractivity contribution is -0.180. The van der Waals surface area contributed by atoms with Crippen LogP contribution in [0.2, 0.25) is 0 Å². The molecule has 1 aromatic rings. The number of hydrogen-bond donors (Lipinski definition) is 2. The summed E-state index contributed by atoms with van der Waals surface area (Å²) in [6.45, 7) is 6.22. The lowest BCUT2D eigenvalue weighted by Gasteiger charge is -2.29. The van der Waals surface area contributed by atoms with Crippen molar-refractivity contribution in [3.8, 4) is 0 Å². The molecule has 0 saturated heterocycles. The van der Waals surface area contributed by atoms with Crippen LogP contribution < -0.4 is 0 Å². The number of aromatic amines is 1. The Morgan fingerprint density at radius 2 is 1.64 bits per heavy atom. The molecule has 1 aromatic heterocycles. The van der Waals surface area contributed by atoms with Crippen LogP contribution >= 0.6 is 0 Å². The number of aromatic nitrogens is 1. The highest BCUT2D eigenvalue weighted by atomic mass is 16.6. The van der Waals surface area contributed by atoms with E-state index in [1.807, 2.05) is 0 Å². The standard InChI is InChI=1S/C18H25NO9/c1-6-25-18(24)15-9(2)19-7-13(15)16(27-11(4)21)17(28-12(5)22)14(23)8-26-10(3)20/h7,14,16-17,19,23H,6,8H2,1-5H3. The van der Waals surface area contributed by atoms with E-state index in [1.54, 1.807) is 13.8 Å². The van der Waals surface area contributed by atoms with Gasteiger partial charge in [-0.05, 0) is 13.8 Å². The van der Waals surface area contributed by atoms with Crippen LogP contribution in [0, 0.1) is 6.92 Å². The molecule has 2 N–H and O–H groups in total. The Bertz CT molecular complexity index is 725. The van der Waals surface area contributed by atoms with Gasteiger partial charge < -0.3 is 29.0 Å². The fraction of sp³-hybridized carbons (Fsp3) is 0.556. The maximum atomic E-state index is 12.3. The molecule has 0 spiro atoms. The van der Waals surface area contributed by atoms with E-state index in [0.29, 0.717) is 5.69 Å². The van der Waals surface area contributed by atoms with Crippen LogP contribution in [0.1, 0.15) is 55.4 Å². The van der Waals surface area contributed by atoms with Gasteiger partial charge in [0.05, 0.1) is 12.2 Å². The molecular formula is C18H25NO9. The molecule has 10 heteroatoms. The highest BCUT2D eigenvalue weighted by Gasteiger charge is 2.39. The molecular weight excluding hydrogens is 374 g/mol. The van der Waals surface area contributed by atoms with E-state index in [0.717, 1.165) is 20.8 Å². The van der Waals surface area contributed by atoms with Crippen LogP contribution in [0.4, 0.5) is 0 Å².